The number of hydrogen-bond donors (Lipinski definition) is 1. The molecule has 0 atom stereocenters. The summed E-state index contributed by atoms with van der Waals surface area (Å²) in [7, 11) is 0. The molecule has 0 unspecified atom stereocenters. The second-order valence-corrected chi connectivity index (χ2v) is 5.57. The van der Waals surface area contributed by atoms with Gasteiger partial charge in [0.15, 0.2) is 5.82 Å². The Morgan fingerprint density at radius 2 is 2.12 bits per heavy atom. The number of pyridine rings is 1. The normalized spacial score (nSPS) is 24.4. The van der Waals surface area contributed by atoms with Crippen molar-refractivity contribution in [3.05, 3.63) is 29.8 Å². The quantitative estimate of drug-likeness (QED) is 0.853. The molecule has 3 nitrogen and oxygen atoms in total. The number of aromatic nitrogens is 1. The van der Waals surface area contributed by atoms with Crippen molar-refractivity contribution in [2.24, 2.45) is 0 Å². The van der Waals surface area contributed by atoms with Crippen molar-refractivity contribution >= 4 is 21.8 Å². The van der Waals surface area contributed by atoms with Crippen LogP contribution in [0, 0.1) is 5.82 Å². The van der Waals surface area contributed by atoms with Crippen LogP contribution in [0.3, 0.4) is 0 Å². The molecule has 17 heavy (non-hydrogen) atoms. The summed E-state index contributed by atoms with van der Waals surface area (Å²) in [6.45, 7) is 0. The van der Waals surface area contributed by atoms with Gasteiger partial charge < -0.3 is 5.32 Å². The molecule has 0 radical (unpaired) electrons. The van der Waals surface area contributed by atoms with E-state index in [4.69, 9.17) is 0 Å². The van der Waals surface area contributed by atoms with E-state index in [0.717, 1.165) is 31.9 Å². The van der Waals surface area contributed by atoms with Gasteiger partial charge in [0.05, 0.1) is 11.8 Å². The maximum atomic E-state index is 13.3. The molecule has 1 amide bonds. The minimum absolute atomic E-state index is 0.0703. The highest BCUT2D eigenvalue weighted by atomic mass is 79.9. The number of rotatable bonds is 2. The zero-order valence-corrected chi connectivity index (χ0v) is 10.9. The molecule has 1 saturated carbocycles. The Kier molecular flexibility index (Phi) is 4.10. The minimum atomic E-state index is -0.570. The van der Waals surface area contributed by atoms with E-state index >= 15 is 0 Å². The largest absolute Gasteiger partial charge is 0.349 e. The molecule has 0 saturated heterocycles. The van der Waals surface area contributed by atoms with Gasteiger partial charge in [-0.2, -0.15) is 0 Å². The van der Waals surface area contributed by atoms with Crippen LogP contribution >= 0.6 is 15.9 Å². The van der Waals surface area contributed by atoms with E-state index in [0.29, 0.717) is 4.83 Å². The number of hydrogen-bond acceptors (Lipinski definition) is 2. The molecule has 0 spiro atoms. The maximum Gasteiger partial charge on any atom is 0.254 e. The third-order valence-electron chi connectivity index (χ3n) is 3.01. The van der Waals surface area contributed by atoms with Crippen molar-refractivity contribution in [3.63, 3.8) is 0 Å². The first kappa shape index (κ1) is 12.5. The molecule has 0 aliphatic heterocycles. The summed E-state index contributed by atoms with van der Waals surface area (Å²) in [5, 5.41) is 2.87. The van der Waals surface area contributed by atoms with E-state index in [-0.39, 0.29) is 17.5 Å². The predicted octanol–water partition coefficient (Wildman–Crippen LogP) is 2.66. The summed E-state index contributed by atoms with van der Waals surface area (Å²) < 4.78 is 13.3. The molecule has 92 valence electrons. The Morgan fingerprint density at radius 1 is 1.41 bits per heavy atom. The lowest BCUT2D eigenvalue weighted by atomic mass is 9.95. The molecule has 1 aromatic heterocycles. The van der Waals surface area contributed by atoms with Crippen molar-refractivity contribution in [1.82, 2.24) is 10.3 Å². The standard InChI is InChI=1S/C12H14BrFN2O/c13-8-1-3-9(4-2-8)16-12(17)10-5-6-15-7-11(10)14/h5-9H,1-4H2,(H,16,17). The van der Waals surface area contributed by atoms with E-state index in [1.165, 1.54) is 12.3 Å². The molecule has 0 aromatic carbocycles. The van der Waals surface area contributed by atoms with Crippen molar-refractivity contribution in [1.29, 1.82) is 0 Å². The summed E-state index contributed by atoms with van der Waals surface area (Å²) in [6.07, 6.45) is 6.45. The van der Waals surface area contributed by atoms with Gasteiger partial charge in [-0.3, -0.25) is 9.78 Å². The lowest BCUT2D eigenvalue weighted by Gasteiger charge is -2.26. The first-order valence-electron chi connectivity index (χ1n) is 5.71. The summed E-state index contributed by atoms with van der Waals surface area (Å²) >= 11 is 3.56. The molecule has 1 aromatic rings. The Bertz CT molecular complexity index is 405. The molecular weight excluding hydrogens is 287 g/mol. The van der Waals surface area contributed by atoms with E-state index in [9.17, 15) is 9.18 Å². The van der Waals surface area contributed by atoms with Gasteiger partial charge in [0.25, 0.3) is 5.91 Å². The summed E-state index contributed by atoms with van der Waals surface area (Å²) in [5.41, 5.74) is 0.0703. The van der Waals surface area contributed by atoms with Crippen LogP contribution in [0.2, 0.25) is 0 Å². The second-order valence-electron chi connectivity index (χ2n) is 4.28. The SMILES string of the molecule is O=C(NC1CCC(Br)CC1)c1ccncc1F. The van der Waals surface area contributed by atoms with Crippen LogP contribution < -0.4 is 5.32 Å². The highest BCUT2D eigenvalue weighted by molar-refractivity contribution is 9.09. The molecule has 0 bridgehead atoms. The fourth-order valence-corrected chi connectivity index (χ4v) is 2.55. The minimum Gasteiger partial charge on any atom is -0.349 e. The van der Waals surface area contributed by atoms with Crippen LogP contribution in [0.25, 0.3) is 0 Å². The van der Waals surface area contributed by atoms with E-state index in [1.54, 1.807) is 0 Å². The van der Waals surface area contributed by atoms with Gasteiger partial charge in [-0.1, -0.05) is 15.9 Å². The number of amides is 1. The van der Waals surface area contributed by atoms with Crippen molar-refractivity contribution < 1.29 is 9.18 Å². The van der Waals surface area contributed by atoms with Crippen LogP contribution in [0.1, 0.15) is 36.0 Å². The summed E-state index contributed by atoms with van der Waals surface area (Å²) in [4.78, 5) is 16.0. The smallest absolute Gasteiger partial charge is 0.254 e. The Balaban J connectivity index is 1.96. The third-order valence-corrected chi connectivity index (χ3v) is 3.92. The molecule has 2 rings (SSSR count). The monoisotopic (exact) mass is 300 g/mol. The lowest BCUT2D eigenvalue weighted by Crippen LogP contribution is -2.38. The van der Waals surface area contributed by atoms with Crippen LogP contribution in [0.15, 0.2) is 18.5 Å². The number of halogens is 2. The number of alkyl halides is 1. The zero-order chi connectivity index (χ0) is 12.3. The summed E-state index contributed by atoms with van der Waals surface area (Å²) in [6, 6.07) is 1.56. The molecule has 5 heteroatoms. The highest BCUT2D eigenvalue weighted by Gasteiger charge is 2.22. The molecule has 1 fully saturated rings. The number of carbonyl (C=O) groups excluding carboxylic acids is 1. The first-order chi connectivity index (χ1) is 8.16. The number of nitrogens with zero attached hydrogens (tertiary/aromatic N) is 1. The van der Waals surface area contributed by atoms with Gasteiger partial charge in [-0.25, -0.2) is 4.39 Å². The third kappa shape index (κ3) is 3.25. The zero-order valence-electron chi connectivity index (χ0n) is 9.33. The maximum absolute atomic E-state index is 13.3. The second kappa shape index (κ2) is 5.58. The molecule has 1 aliphatic carbocycles. The highest BCUT2D eigenvalue weighted by Crippen LogP contribution is 2.24. The van der Waals surface area contributed by atoms with Gasteiger partial charge in [-0.05, 0) is 31.7 Å². The molecule has 1 N–H and O–H groups in total. The lowest BCUT2D eigenvalue weighted by molar-refractivity contribution is 0.0924. The van der Waals surface area contributed by atoms with Crippen LogP contribution in [0.4, 0.5) is 4.39 Å². The molecule has 1 aliphatic rings. The average molecular weight is 301 g/mol. The topological polar surface area (TPSA) is 42.0 Å². The van der Waals surface area contributed by atoms with E-state index in [2.05, 4.69) is 26.2 Å². The average Bonchev–Trinajstić information content (AvgIpc) is 2.32. The Morgan fingerprint density at radius 3 is 2.76 bits per heavy atom. The van der Waals surface area contributed by atoms with Gasteiger partial charge in [0.2, 0.25) is 0 Å². The van der Waals surface area contributed by atoms with Gasteiger partial charge in [-0.15, -0.1) is 0 Å². The Labute approximate surface area is 108 Å². The van der Waals surface area contributed by atoms with Crippen LogP contribution in [-0.4, -0.2) is 21.8 Å². The molecular formula is C12H14BrFN2O. The fourth-order valence-electron chi connectivity index (χ4n) is 2.02. The van der Waals surface area contributed by atoms with Crippen molar-refractivity contribution in [2.45, 2.75) is 36.6 Å². The molecule has 1 heterocycles. The van der Waals surface area contributed by atoms with Gasteiger partial charge in [0, 0.05) is 17.1 Å². The van der Waals surface area contributed by atoms with E-state index in [1.807, 2.05) is 0 Å². The van der Waals surface area contributed by atoms with Crippen molar-refractivity contribution in [2.75, 3.05) is 0 Å². The fraction of sp³-hybridized carbons (Fsp3) is 0.500. The van der Waals surface area contributed by atoms with Crippen LogP contribution in [0.5, 0.6) is 0 Å². The van der Waals surface area contributed by atoms with E-state index < -0.39 is 5.82 Å². The predicted molar refractivity (Wildman–Crippen MR) is 66.6 cm³/mol. The summed E-state index contributed by atoms with van der Waals surface area (Å²) in [5.74, 6) is -0.915. The van der Waals surface area contributed by atoms with Gasteiger partial charge in [0.1, 0.15) is 0 Å². The first-order valence-corrected chi connectivity index (χ1v) is 6.63. The number of nitrogens with one attached hydrogen (secondary N) is 1. The number of carbonyl (C=O) groups is 1. The van der Waals surface area contributed by atoms with Crippen molar-refractivity contribution in [3.8, 4) is 0 Å². The van der Waals surface area contributed by atoms with Gasteiger partial charge >= 0.3 is 0 Å². The van der Waals surface area contributed by atoms with Crippen LogP contribution in [-0.2, 0) is 0 Å². The Hall–Kier alpha value is -0.970.